The maximum Gasteiger partial charge on any atom is 0.208 e. The lowest BCUT2D eigenvalue weighted by Crippen LogP contribution is -1.92. The molecule has 2 N–H and O–H groups in total. The van der Waals surface area contributed by atoms with Crippen molar-refractivity contribution in [1.82, 2.24) is 0 Å². The third kappa shape index (κ3) is 6.05. The van der Waals surface area contributed by atoms with Crippen molar-refractivity contribution in [2.75, 3.05) is 5.75 Å². The van der Waals surface area contributed by atoms with E-state index in [-0.39, 0.29) is 16.5 Å². The molecule has 0 amide bonds. The molecule has 26 heavy (non-hydrogen) atoms. The molecule has 0 unspecified atom stereocenters. The van der Waals surface area contributed by atoms with Crippen molar-refractivity contribution in [1.29, 1.82) is 0 Å². The Balaban J connectivity index is 2.22. The summed E-state index contributed by atoms with van der Waals surface area (Å²) in [6.45, 7) is 2.05. The molecule has 8 heteroatoms. The largest absolute Gasteiger partial charge is 0.507 e. The van der Waals surface area contributed by atoms with Crippen LogP contribution in [0.4, 0.5) is 0 Å². The van der Waals surface area contributed by atoms with E-state index in [1.807, 2.05) is 6.92 Å². The number of aliphatic imine (C=N–C) groups is 1. The minimum absolute atomic E-state index is 0.115. The number of rotatable bonds is 5. The van der Waals surface area contributed by atoms with E-state index in [1.54, 1.807) is 24.3 Å². The first-order valence-corrected chi connectivity index (χ1v) is 9.49. The van der Waals surface area contributed by atoms with Crippen molar-refractivity contribution in [2.24, 2.45) is 15.2 Å². The second-order valence-corrected chi connectivity index (χ2v) is 7.02. The first kappa shape index (κ1) is 20.3. The van der Waals surface area contributed by atoms with Crippen LogP contribution in [0.3, 0.4) is 0 Å². The number of phenolic OH excluding ortho intramolecular Hbond substituents is 2. The molecule has 136 valence electrons. The molecule has 0 aliphatic carbocycles. The number of aromatic hydroxyl groups is 2. The fraction of sp³-hybridized carbons (Fsp3) is 0.167. The van der Waals surface area contributed by atoms with Crippen LogP contribution in [0.1, 0.15) is 24.5 Å². The summed E-state index contributed by atoms with van der Waals surface area (Å²) in [5.74, 6) is 0.842. The van der Waals surface area contributed by atoms with Gasteiger partial charge in [0, 0.05) is 28.1 Å². The highest BCUT2D eigenvalue weighted by molar-refractivity contribution is 8.13. The predicted molar refractivity (Wildman–Crippen MR) is 112 cm³/mol. The third-order valence-electron chi connectivity index (χ3n) is 3.08. The number of halogens is 2. The SMILES string of the molecule is CCCSC(/N=C/c1ccccc1O)=N/N=C/c1cc(Cl)cc(Cl)c1O. The van der Waals surface area contributed by atoms with E-state index in [9.17, 15) is 10.2 Å². The van der Waals surface area contributed by atoms with E-state index in [0.29, 0.717) is 21.3 Å². The second-order valence-electron chi connectivity index (χ2n) is 5.12. The molecule has 0 heterocycles. The van der Waals surface area contributed by atoms with E-state index in [0.717, 1.165) is 12.2 Å². The Kier molecular flexibility index (Phi) is 7.97. The highest BCUT2D eigenvalue weighted by Crippen LogP contribution is 2.30. The zero-order valence-electron chi connectivity index (χ0n) is 13.9. The van der Waals surface area contributed by atoms with Gasteiger partial charge in [-0.05, 0) is 30.7 Å². The van der Waals surface area contributed by atoms with E-state index in [2.05, 4.69) is 15.2 Å². The third-order valence-corrected chi connectivity index (χ3v) is 4.65. The van der Waals surface area contributed by atoms with Crippen LogP contribution in [-0.2, 0) is 0 Å². The van der Waals surface area contributed by atoms with Crippen LogP contribution in [0.2, 0.25) is 10.0 Å². The minimum Gasteiger partial charge on any atom is -0.507 e. The molecule has 2 aromatic carbocycles. The molecule has 0 aliphatic rings. The van der Waals surface area contributed by atoms with Gasteiger partial charge in [-0.3, -0.25) is 0 Å². The lowest BCUT2D eigenvalue weighted by Gasteiger charge is -2.01. The Morgan fingerprint density at radius 1 is 1.12 bits per heavy atom. The number of para-hydroxylation sites is 1. The molecule has 0 saturated carbocycles. The molecule has 5 nitrogen and oxygen atoms in total. The monoisotopic (exact) mass is 409 g/mol. The van der Waals surface area contributed by atoms with Gasteiger partial charge in [0.15, 0.2) is 0 Å². The van der Waals surface area contributed by atoms with Crippen LogP contribution in [0.25, 0.3) is 0 Å². The Hall–Kier alpha value is -2.02. The van der Waals surface area contributed by atoms with Crippen molar-refractivity contribution in [3.8, 4) is 11.5 Å². The van der Waals surface area contributed by atoms with Gasteiger partial charge in [-0.2, -0.15) is 5.10 Å². The lowest BCUT2D eigenvalue weighted by molar-refractivity contribution is 0.474. The van der Waals surface area contributed by atoms with Crippen molar-refractivity contribution in [2.45, 2.75) is 13.3 Å². The predicted octanol–water partition coefficient (Wildman–Crippen LogP) is 5.36. The second kappa shape index (κ2) is 10.2. The first-order chi connectivity index (χ1) is 12.5. The van der Waals surface area contributed by atoms with Gasteiger partial charge < -0.3 is 10.2 Å². The number of amidine groups is 1. The standard InChI is InChI=1S/C18H17Cl2N3O2S/c1-2-7-26-18(21-10-12-5-3-4-6-16(12)24)23-22-11-13-8-14(19)9-15(20)17(13)25/h3-6,8-11,24-25H,2,7H2,1H3/b21-10+,22-11+,23-18+. The maximum absolute atomic E-state index is 9.92. The van der Waals surface area contributed by atoms with E-state index in [4.69, 9.17) is 23.2 Å². The highest BCUT2D eigenvalue weighted by atomic mass is 35.5. The van der Waals surface area contributed by atoms with Gasteiger partial charge in [0.25, 0.3) is 0 Å². The normalized spacial score (nSPS) is 12.3. The summed E-state index contributed by atoms with van der Waals surface area (Å²) in [5, 5.41) is 28.7. The molecule has 0 spiro atoms. The average molecular weight is 410 g/mol. The molecular weight excluding hydrogens is 393 g/mol. The highest BCUT2D eigenvalue weighted by Gasteiger charge is 2.06. The molecule has 0 radical (unpaired) electrons. The summed E-state index contributed by atoms with van der Waals surface area (Å²) >= 11 is 13.2. The summed E-state index contributed by atoms with van der Waals surface area (Å²) < 4.78 is 0. The molecule has 0 bridgehead atoms. The molecule has 0 fully saturated rings. The van der Waals surface area contributed by atoms with E-state index < -0.39 is 0 Å². The topological polar surface area (TPSA) is 77.5 Å². The zero-order valence-corrected chi connectivity index (χ0v) is 16.3. The Morgan fingerprint density at radius 3 is 2.62 bits per heavy atom. The number of hydrogen-bond acceptors (Lipinski definition) is 5. The number of nitrogens with zero attached hydrogens (tertiary/aromatic N) is 3. The summed E-state index contributed by atoms with van der Waals surface area (Å²) in [6.07, 6.45) is 3.83. The van der Waals surface area contributed by atoms with Crippen molar-refractivity contribution < 1.29 is 10.2 Å². The zero-order chi connectivity index (χ0) is 18.9. The van der Waals surface area contributed by atoms with Crippen molar-refractivity contribution in [3.05, 3.63) is 57.6 Å². The summed E-state index contributed by atoms with van der Waals surface area (Å²) in [5.41, 5.74) is 0.941. The van der Waals surface area contributed by atoms with Gasteiger partial charge >= 0.3 is 0 Å². The minimum atomic E-state index is -0.115. The van der Waals surface area contributed by atoms with Crippen molar-refractivity contribution in [3.63, 3.8) is 0 Å². The molecule has 0 aliphatic heterocycles. The molecule has 0 aromatic heterocycles. The molecule has 2 rings (SSSR count). The number of phenols is 2. The first-order valence-electron chi connectivity index (χ1n) is 7.75. The van der Waals surface area contributed by atoms with Gasteiger partial charge in [0.05, 0.1) is 11.2 Å². The van der Waals surface area contributed by atoms with Crippen LogP contribution >= 0.6 is 35.0 Å². The van der Waals surface area contributed by atoms with Crippen LogP contribution in [0.15, 0.2) is 51.6 Å². The fourth-order valence-corrected chi connectivity index (χ4v) is 2.96. The van der Waals surface area contributed by atoms with Crippen molar-refractivity contribution >= 4 is 52.6 Å². The Labute approximate surface area is 166 Å². The smallest absolute Gasteiger partial charge is 0.208 e. The van der Waals surface area contributed by atoms with Gasteiger partial charge in [0.1, 0.15) is 11.5 Å². The molecule has 0 saturated heterocycles. The average Bonchev–Trinajstić information content (AvgIpc) is 2.62. The van der Waals surface area contributed by atoms with Gasteiger partial charge in [0.2, 0.25) is 5.17 Å². The molecular formula is C18H17Cl2N3O2S. The number of hydrogen-bond donors (Lipinski definition) is 2. The van der Waals surface area contributed by atoms with E-state index >= 15 is 0 Å². The van der Waals surface area contributed by atoms with Crippen LogP contribution in [0, 0.1) is 0 Å². The maximum atomic E-state index is 9.92. The number of thioether (sulfide) groups is 1. The van der Waals surface area contributed by atoms with Crippen LogP contribution in [-0.4, -0.2) is 33.6 Å². The van der Waals surface area contributed by atoms with Crippen LogP contribution < -0.4 is 0 Å². The fourth-order valence-electron chi connectivity index (χ4n) is 1.83. The van der Waals surface area contributed by atoms with Gasteiger partial charge in [-0.1, -0.05) is 54.0 Å². The Bertz CT molecular complexity index is 854. The quantitative estimate of drug-likeness (QED) is 0.396. The lowest BCUT2D eigenvalue weighted by atomic mass is 10.2. The Morgan fingerprint density at radius 2 is 1.88 bits per heavy atom. The number of benzene rings is 2. The summed E-state index contributed by atoms with van der Waals surface area (Å²) in [4.78, 5) is 4.28. The van der Waals surface area contributed by atoms with Gasteiger partial charge in [-0.25, -0.2) is 4.99 Å². The van der Waals surface area contributed by atoms with Crippen LogP contribution in [0.5, 0.6) is 11.5 Å². The molecule has 2 aromatic rings. The summed E-state index contributed by atoms with van der Waals surface area (Å²) in [7, 11) is 0. The van der Waals surface area contributed by atoms with Gasteiger partial charge in [-0.15, -0.1) is 5.10 Å². The summed E-state index contributed by atoms with van der Waals surface area (Å²) in [6, 6.07) is 9.85. The van der Waals surface area contributed by atoms with E-state index in [1.165, 1.54) is 36.3 Å². The molecule has 0 atom stereocenters.